The Bertz CT molecular complexity index is 554. The van der Waals surface area contributed by atoms with Crippen LogP contribution in [0.1, 0.15) is 4.88 Å². The molecule has 1 heterocycles. The molecule has 0 aliphatic heterocycles. The van der Waals surface area contributed by atoms with Crippen molar-refractivity contribution in [1.29, 1.82) is 5.26 Å². The Kier molecular flexibility index (Phi) is 3.50. The Balaban J connectivity index is 2.39. The summed E-state index contributed by atoms with van der Waals surface area (Å²) in [7, 11) is 0. The molecule has 0 aliphatic rings. The summed E-state index contributed by atoms with van der Waals surface area (Å²) in [5.74, 6) is 0. The summed E-state index contributed by atoms with van der Waals surface area (Å²) in [5, 5.41) is 9.87. The minimum absolute atomic E-state index is 0.440. The number of benzene rings is 1. The van der Waals surface area contributed by atoms with Gasteiger partial charge in [-0.3, -0.25) is 0 Å². The van der Waals surface area contributed by atoms with Crippen LogP contribution in [0.3, 0.4) is 0 Å². The second kappa shape index (κ2) is 4.88. The van der Waals surface area contributed by atoms with Gasteiger partial charge in [0.2, 0.25) is 0 Å². The van der Waals surface area contributed by atoms with Crippen molar-refractivity contribution >= 4 is 34.5 Å². The molecule has 0 atom stereocenters. The highest BCUT2D eigenvalue weighted by molar-refractivity contribution is 7.15. The van der Waals surface area contributed by atoms with Gasteiger partial charge in [-0.1, -0.05) is 29.3 Å². The summed E-state index contributed by atoms with van der Waals surface area (Å²) in [6.45, 7) is 0. The average molecular weight is 268 g/mol. The molecule has 80 valence electrons. The van der Waals surface area contributed by atoms with E-state index < -0.39 is 0 Å². The molecule has 0 N–H and O–H groups in total. The summed E-state index contributed by atoms with van der Waals surface area (Å²) < 4.78 is 0. The summed E-state index contributed by atoms with van der Waals surface area (Å²) in [6.07, 6.45) is 0.440. The van der Waals surface area contributed by atoms with E-state index in [2.05, 4.69) is 6.07 Å². The fraction of sp³-hybridized carbons (Fsp3) is 0.0833. The third-order valence-corrected chi connectivity index (χ3v) is 3.78. The van der Waals surface area contributed by atoms with Gasteiger partial charge in [0.1, 0.15) is 0 Å². The zero-order valence-corrected chi connectivity index (χ0v) is 10.5. The third-order valence-electron chi connectivity index (χ3n) is 2.11. The largest absolute Gasteiger partial charge is 0.198 e. The Morgan fingerprint density at radius 3 is 2.69 bits per heavy atom. The van der Waals surface area contributed by atoms with Crippen molar-refractivity contribution < 1.29 is 0 Å². The number of nitrogens with zero attached hydrogens (tertiary/aromatic N) is 1. The number of hydrogen-bond donors (Lipinski definition) is 0. The first-order chi connectivity index (χ1) is 7.70. The van der Waals surface area contributed by atoms with E-state index in [1.165, 1.54) is 0 Å². The molecule has 1 aromatic carbocycles. The average Bonchev–Trinajstić information content (AvgIpc) is 2.67. The van der Waals surface area contributed by atoms with Gasteiger partial charge < -0.3 is 0 Å². The number of halogens is 2. The van der Waals surface area contributed by atoms with Crippen molar-refractivity contribution in [2.24, 2.45) is 0 Å². The fourth-order valence-electron chi connectivity index (χ4n) is 1.38. The topological polar surface area (TPSA) is 23.8 Å². The van der Waals surface area contributed by atoms with Gasteiger partial charge in [-0.05, 0) is 24.3 Å². The monoisotopic (exact) mass is 267 g/mol. The van der Waals surface area contributed by atoms with E-state index >= 15 is 0 Å². The highest BCUT2D eigenvalue weighted by Gasteiger charge is 2.07. The van der Waals surface area contributed by atoms with Gasteiger partial charge in [0.05, 0.1) is 17.5 Å². The Labute approximate surface area is 108 Å². The van der Waals surface area contributed by atoms with Crippen molar-refractivity contribution in [3.8, 4) is 16.5 Å². The number of hydrogen-bond acceptors (Lipinski definition) is 2. The predicted octanol–water partition coefficient (Wildman–Crippen LogP) is 4.79. The van der Waals surface area contributed by atoms with Crippen molar-refractivity contribution in [1.82, 2.24) is 0 Å². The van der Waals surface area contributed by atoms with Crippen LogP contribution in [-0.4, -0.2) is 0 Å². The van der Waals surface area contributed by atoms with Crippen LogP contribution >= 0.6 is 34.5 Å². The number of nitriles is 1. The van der Waals surface area contributed by atoms with Crippen LogP contribution in [0.4, 0.5) is 0 Å². The SMILES string of the molecule is N#CCc1ccc(-c2ccc(Cl)cc2Cl)s1. The molecule has 0 bridgehead atoms. The first-order valence-electron chi connectivity index (χ1n) is 4.62. The molecular formula is C12H7Cl2NS. The fourth-order valence-corrected chi connectivity index (χ4v) is 2.93. The molecule has 1 aromatic heterocycles. The molecular weight excluding hydrogens is 261 g/mol. The molecule has 0 unspecified atom stereocenters. The lowest BCUT2D eigenvalue weighted by molar-refractivity contribution is 1.32. The lowest BCUT2D eigenvalue weighted by Gasteiger charge is -2.01. The van der Waals surface area contributed by atoms with E-state index in [-0.39, 0.29) is 0 Å². The van der Waals surface area contributed by atoms with E-state index in [9.17, 15) is 0 Å². The molecule has 0 fully saturated rings. The lowest BCUT2D eigenvalue weighted by Crippen LogP contribution is -1.74. The molecule has 0 saturated carbocycles. The number of thiophene rings is 1. The van der Waals surface area contributed by atoms with Crippen LogP contribution in [-0.2, 0) is 6.42 Å². The molecule has 16 heavy (non-hydrogen) atoms. The van der Waals surface area contributed by atoms with Gasteiger partial charge in [-0.25, -0.2) is 0 Å². The van der Waals surface area contributed by atoms with Crippen molar-refractivity contribution in [3.63, 3.8) is 0 Å². The first-order valence-corrected chi connectivity index (χ1v) is 6.19. The van der Waals surface area contributed by atoms with E-state index in [1.54, 1.807) is 17.4 Å². The Morgan fingerprint density at radius 2 is 2.00 bits per heavy atom. The van der Waals surface area contributed by atoms with Crippen LogP contribution < -0.4 is 0 Å². The van der Waals surface area contributed by atoms with Crippen LogP contribution in [0.2, 0.25) is 10.0 Å². The van der Waals surface area contributed by atoms with Gasteiger partial charge in [-0.15, -0.1) is 11.3 Å². The maximum Gasteiger partial charge on any atom is 0.0695 e. The van der Waals surface area contributed by atoms with Crippen molar-refractivity contribution in [2.75, 3.05) is 0 Å². The minimum atomic E-state index is 0.440. The van der Waals surface area contributed by atoms with Gasteiger partial charge >= 0.3 is 0 Å². The Hall–Kier alpha value is -1.01. The zero-order chi connectivity index (χ0) is 11.5. The highest BCUT2D eigenvalue weighted by Crippen LogP contribution is 2.34. The van der Waals surface area contributed by atoms with Crippen LogP contribution in [0.5, 0.6) is 0 Å². The van der Waals surface area contributed by atoms with Gasteiger partial charge in [0, 0.05) is 20.3 Å². The second-order valence-electron chi connectivity index (χ2n) is 3.23. The summed E-state index contributed by atoms with van der Waals surface area (Å²) in [5.41, 5.74) is 0.959. The molecule has 1 nitrogen and oxygen atoms in total. The van der Waals surface area contributed by atoms with Gasteiger partial charge in [-0.2, -0.15) is 5.26 Å². The minimum Gasteiger partial charge on any atom is -0.198 e. The van der Waals surface area contributed by atoms with E-state index in [0.717, 1.165) is 15.3 Å². The molecule has 2 aromatic rings. The maximum absolute atomic E-state index is 8.60. The summed E-state index contributed by atoms with van der Waals surface area (Å²) in [6, 6.07) is 11.5. The van der Waals surface area contributed by atoms with E-state index in [4.69, 9.17) is 28.5 Å². The normalized spacial score (nSPS) is 10.1. The predicted molar refractivity (Wildman–Crippen MR) is 69.1 cm³/mol. The Morgan fingerprint density at radius 1 is 1.19 bits per heavy atom. The van der Waals surface area contributed by atoms with Gasteiger partial charge in [0.25, 0.3) is 0 Å². The summed E-state index contributed by atoms with van der Waals surface area (Å²) in [4.78, 5) is 2.11. The highest BCUT2D eigenvalue weighted by atomic mass is 35.5. The first kappa shape index (κ1) is 11.5. The lowest BCUT2D eigenvalue weighted by atomic mass is 10.2. The molecule has 4 heteroatoms. The quantitative estimate of drug-likeness (QED) is 0.768. The van der Waals surface area contributed by atoms with Crippen LogP contribution in [0, 0.1) is 11.3 Å². The smallest absolute Gasteiger partial charge is 0.0695 e. The molecule has 2 rings (SSSR count). The maximum atomic E-state index is 8.60. The van der Waals surface area contributed by atoms with Crippen molar-refractivity contribution in [2.45, 2.75) is 6.42 Å². The van der Waals surface area contributed by atoms with Gasteiger partial charge in [0.15, 0.2) is 0 Å². The van der Waals surface area contributed by atoms with Crippen LogP contribution in [0.15, 0.2) is 30.3 Å². The molecule has 0 saturated heterocycles. The molecule has 0 spiro atoms. The zero-order valence-electron chi connectivity index (χ0n) is 8.21. The van der Waals surface area contributed by atoms with Crippen molar-refractivity contribution in [3.05, 3.63) is 45.3 Å². The van der Waals surface area contributed by atoms with E-state index in [0.29, 0.717) is 16.5 Å². The third kappa shape index (κ3) is 2.38. The molecule has 0 amide bonds. The number of rotatable bonds is 2. The molecule has 0 radical (unpaired) electrons. The van der Waals surface area contributed by atoms with E-state index in [1.807, 2.05) is 24.3 Å². The second-order valence-corrected chi connectivity index (χ2v) is 5.24. The standard InChI is InChI=1S/C12H7Cl2NS/c13-8-1-3-10(11(14)7-8)12-4-2-9(16-12)5-6-15/h1-4,7H,5H2. The van der Waals surface area contributed by atoms with Crippen LogP contribution in [0.25, 0.3) is 10.4 Å². The summed E-state index contributed by atoms with van der Waals surface area (Å²) >= 11 is 13.5. The molecule has 0 aliphatic carbocycles.